The van der Waals surface area contributed by atoms with Crippen molar-refractivity contribution >= 4 is 11.3 Å². The van der Waals surface area contributed by atoms with Gasteiger partial charge in [0.25, 0.3) is 0 Å². The zero-order valence-corrected chi connectivity index (χ0v) is 14.2. The first-order valence-electron chi connectivity index (χ1n) is 7.56. The highest BCUT2D eigenvalue weighted by Gasteiger charge is 2.21. The van der Waals surface area contributed by atoms with Gasteiger partial charge in [-0.15, -0.1) is 11.3 Å². The Bertz CT molecular complexity index is 365. The Morgan fingerprint density at radius 1 is 1.32 bits per heavy atom. The van der Waals surface area contributed by atoms with E-state index in [1.165, 1.54) is 23.5 Å². The molecule has 1 aromatic rings. The molecule has 0 fully saturated rings. The van der Waals surface area contributed by atoms with Gasteiger partial charge in [0.05, 0.1) is 10.7 Å². The molecule has 0 bridgehead atoms. The van der Waals surface area contributed by atoms with E-state index < -0.39 is 0 Å². The minimum atomic E-state index is 0.164. The Morgan fingerprint density at radius 2 is 2.00 bits per heavy atom. The van der Waals surface area contributed by atoms with E-state index in [1.54, 1.807) is 0 Å². The van der Waals surface area contributed by atoms with E-state index >= 15 is 0 Å². The van der Waals surface area contributed by atoms with Gasteiger partial charge >= 0.3 is 0 Å². The zero-order chi connectivity index (χ0) is 14.5. The first-order valence-corrected chi connectivity index (χ1v) is 8.44. The maximum absolute atomic E-state index is 4.82. The summed E-state index contributed by atoms with van der Waals surface area (Å²) in [4.78, 5) is 4.82. The third-order valence-electron chi connectivity index (χ3n) is 3.61. The summed E-state index contributed by atoms with van der Waals surface area (Å²) in [6, 6.07) is 0.559. The Balaban J connectivity index is 2.71. The number of likely N-dealkylation sites (N-methyl/N-ethyl adjacent to an activating group) is 1. The molecule has 0 aliphatic heterocycles. The molecule has 1 heterocycles. The van der Waals surface area contributed by atoms with Crippen molar-refractivity contribution < 1.29 is 0 Å². The molecule has 19 heavy (non-hydrogen) atoms. The zero-order valence-electron chi connectivity index (χ0n) is 13.4. The lowest BCUT2D eigenvalue weighted by atomic mass is 9.93. The molecule has 0 aliphatic rings. The molecule has 1 aromatic heterocycles. The molecule has 2 nitrogen and oxygen atoms in total. The second-order valence-electron chi connectivity index (χ2n) is 6.51. The summed E-state index contributed by atoms with van der Waals surface area (Å²) in [5.74, 6) is 0.715. The normalized spacial score (nSPS) is 15.5. The van der Waals surface area contributed by atoms with Crippen LogP contribution < -0.4 is 5.32 Å². The van der Waals surface area contributed by atoms with E-state index in [4.69, 9.17) is 4.98 Å². The molecule has 0 aromatic carbocycles. The lowest BCUT2D eigenvalue weighted by Crippen LogP contribution is -2.36. The van der Waals surface area contributed by atoms with Gasteiger partial charge in [-0.05, 0) is 18.9 Å². The van der Waals surface area contributed by atoms with E-state index in [9.17, 15) is 0 Å². The van der Waals surface area contributed by atoms with Crippen LogP contribution in [-0.4, -0.2) is 17.6 Å². The topological polar surface area (TPSA) is 24.9 Å². The van der Waals surface area contributed by atoms with Crippen LogP contribution in [0.25, 0.3) is 0 Å². The van der Waals surface area contributed by atoms with Crippen LogP contribution >= 0.6 is 11.3 Å². The van der Waals surface area contributed by atoms with Crippen molar-refractivity contribution in [3.8, 4) is 0 Å². The summed E-state index contributed by atoms with van der Waals surface area (Å²) in [6.45, 7) is 14.5. The van der Waals surface area contributed by atoms with Gasteiger partial charge in [-0.25, -0.2) is 4.98 Å². The summed E-state index contributed by atoms with van der Waals surface area (Å²) in [7, 11) is 0. The molecular weight excluding hydrogens is 252 g/mol. The van der Waals surface area contributed by atoms with Crippen molar-refractivity contribution in [2.45, 2.75) is 72.3 Å². The third kappa shape index (κ3) is 5.23. The standard InChI is InChI=1S/C16H30N2S/c1-7-9-12(3)13(17-8-2)10-15-18-14(11-19-15)16(4,5)6/h11-13,17H,7-10H2,1-6H3. The van der Waals surface area contributed by atoms with Crippen LogP contribution in [0.2, 0.25) is 0 Å². The van der Waals surface area contributed by atoms with Gasteiger partial charge < -0.3 is 5.32 Å². The van der Waals surface area contributed by atoms with Crippen LogP contribution in [0.5, 0.6) is 0 Å². The SMILES string of the molecule is CCCC(C)C(Cc1nc(C(C)(C)C)cs1)NCC. The molecule has 1 rings (SSSR count). The summed E-state index contributed by atoms with van der Waals surface area (Å²) in [5.41, 5.74) is 1.39. The first-order chi connectivity index (χ1) is 8.88. The molecule has 0 spiro atoms. The van der Waals surface area contributed by atoms with Gasteiger partial charge in [-0.1, -0.05) is 48.0 Å². The summed E-state index contributed by atoms with van der Waals surface area (Å²) in [6.07, 6.45) is 3.61. The van der Waals surface area contributed by atoms with E-state index in [2.05, 4.69) is 52.2 Å². The van der Waals surface area contributed by atoms with Crippen LogP contribution in [0.15, 0.2) is 5.38 Å². The number of hydrogen-bond donors (Lipinski definition) is 1. The maximum Gasteiger partial charge on any atom is 0.0944 e. The van der Waals surface area contributed by atoms with Crippen LogP contribution in [0.4, 0.5) is 0 Å². The van der Waals surface area contributed by atoms with Crippen LogP contribution in [0, 0.1) is 5.92 Å². The predicted octanol–water partition coefficient (Wildman–Crippen LogP) is 4.40. The highest BCUT2D eigenvalue weighted by Crippen LogP contribution is 2.25. The lowest BCUT2D eigenvalue weighted by molar-refractivity contribution is 0.357. The Hall–Kier alpha value is -0.410. The number of nitrogens with zero attached hydrogens (tertiary/aromatic N) is 1. The highest BCUT2D eigenvalue weighted by molar-refractivity contribution is 7.09. The Kier molecular flexibility index (Phi) is 6.48. The molecule has 0 saturated carbocycles. The quantitative estimate of drug-likeness (QED) is 0.802. The molecule has 0 amide bonds. The minimum absolute atomic E-state index is 0.164. The molecular formula is C16H30N2S. The minimum Gasteiger partial charge on any atom is -0.314 e. The summed E-state index contributed by atoms with van der Waals surface area (Å²) in [5, 5.41) is 7.13. The van der Waals surface area contributed by atoms with Gasteiger partial charge in [0.2, 0.25) is 0 Å². The average molecular weight is 282 g/mol. The number of rotatable bonds is 7. The maximum atomic E-state index is 4.82. The Morgan fingerprint density at radius 3 is 2.47 bits per heavy atom. The number of hydrogen-bond acceptors (Lipinski definition) is 3. The number of aromatic nitrogens is 1. The van der Waals surface area contributed by atoms with E-state index in [0.717, 1.165) is 13.0 Å². The molecule has 0 radical (unpaired) electrons. The van der Waals surface area contributed by atoms with Crippen LogP contribution in [0.1, 0.15) is 65.1 Å². The Labute approximate surface area is 123 Å². The van der Waals surface area contributed by atoms with Crippen LogP contribution in [-0.2, 0) is 11.8 Å². The van der Waals surface area contributed by atoms with Gasteiger partial charge in [-0.3, -0.25) is 0 Å². The number of nitrogens with one attached hydrogen (secondary N) is 1. The average Bonchev–Trinajstić information content (AvgIpc) is 2.77. The van der Waals surface area contributed by atoms with Crippen molar-refractivity contribution in [2.24, 2.45) is 5.92 Å². The van der Waals surface area contributed by atoms with Crippen molar-refractivity contribution in [1.29, 1.82) is 0 Å². The largest absolute Gasteiger partial charge is 0.314 e. The van der Waals surface area contributed by atoms with Crippen molar-refractivity contribution in [1.82, 2.24) is 10.3 Å². The molecule has 2 unspecified atom stereocenters. The molecule has 0 saturated heterocycles. The van der Waals surface area contributed by atoms with E-state index in [-0.39, 0.29) is 5.41 Å². The fourth-order valence-corrected chi connectivity index (χ4v) is 3.41. The van der Waals surface area contributed by atoms with Gasteiger partial charge in [0.1, 0.15) is 0 Å². The fraction of sp³-hybridized carbons (Fsp3) is 0.812. The lowest BCUT2D eigenvalue weighted by Gasteiger charge is -2.23. The van der Waals surface area contributed by atoms with Gasteiger partial charge in [0.15, 0.2) is 0 Å². The third-order valence-corrected chi connectivity index (χ3v) is 4.48. The van der Waals surface area contributed by atoms with Crippen molar-refractivity contribution in [3.05, 3.63) is 16.1 Å². The fourth-order valence-electron chi connectivity index (χ4n) is 2.33. The smallest absolute Gasteiger partial charge is 0.0944 e. The van der Waals surface area contributed by atoms with Crippen LogP contribution in [0.3, 0.4) is 0 Å². The molecule has 0 aliphatic carbocycles. The van der Waals surface area contributed by atoms with Gasteiger partial charge in [0, 0.05) is 23.3 Å². The van der Waals surface area contributed by atoms with Gasteiger partial charge in [-0.2, -0.15) is 0 Å². The van der Waals surface area contributed by atoms with Crippen molar-refractivity contribution in [2.75, 3.05) is 6.54 Å². The second kappa shape index (κ2) is 7.39. The van der Waals surface area contributed by atoms with Crippen molar-refractivity contribution in [3.63, 3.8) is 0 Å². The first kappa shape index (κ1) is 16.6. The molecule has 3 heteroatoms. The predicted molar refractivity (Wildman–Crippen MR) is 86.1 cm³/mol. The monoisotopic (exact) mass is 282 g/mol. The molecule has 110 valence electrons. The molecule has 2 atom stereocenters. The number of thiazole rings is 1. The van der Waals surface area contributed by atoms with E-state index in [1.807, 2.05) is 11.3 Å². The summed E-state index contributed by atoms with van der Waals surface area (Å²) >= 11 is 1.81. The summed E-state index contributed by atoms with van der Waals surface area (Å²) < 4.78 is 0. The second-order valence-corrected chi connectivity index (χ2v) is 7.45. The highest BCUT2D eigenvalue weighted by atomic mass is 32.1. The van der Waals surface area contributed by atoms with E-state index in [0.29, 0.717) is 12.0 Å². The molecule has 1 N–H and O–H groups in total.